The smallest absolute Gasteiger partial charge is 0.0217 e. The van der Waals surface area contributed by atoms with Crippen LogP contribution < -0.4 is 27.0 Å². The minimum Gasteiger partial charge on any atom is -0.325 e. The number of hydrogen-bond acceptors (Lipinski definition) is 1. The van der Waals surface area contributed by atoms with Crippen molar-refractivity contribution in [1.29, 1.82) is 0 Å². The maximum absolute atomic E-state index is 7.10. The van der Waals surface area contributed by atoms with Gasteiger partial charge in [0.15, 0.2) is 0 Å². The second-order valence-electron chi connectivity index (χ2n) is 8.17. The quantitative estimate of drug-likeness (QED) is 0.384. The average molecular weight is 441 g/mol. The molecule has 0 saturated carbocycles. The Kier molecular flexibility index (Phi) is 7.31. The normalized spacial score (nSPS) is 11.7. The lowest BCUT2D eigenvalue weighted by Crippen LogP contribution is -2.46. The van der Waals surface area contributed by atoms with Crippen molar-refractivity contribution < 1.29 is 0 Å². The highest BCUT2D eigenvalue weighted by Gasteiger charge is 2.30. The Bertz CT molecular complexity index is 885. The summed E-state index contributed by atoms with van der Waals surface area (Å²) in [7, 11) is -1.04. The van der Waals surface area contributed by atoms with E-state index in [0.717, 1.165) is 12.3 Å². The first-order chi connectivity index (χ1) is 15.1. The molecule has 0 spiro atoms. The second kappa shape index (κ2) is 10.3. The molecule has 2 N–H and O–H groups in total. The predicted molar refractivity (Wildman–Crippen MR) is 140 cm³/mol. The summed E-state index contributed by atoms with van der Waals surface area (Å²) in [6.07, 6.45) is 1.93. The van der Waals surface area contributed by atoms with Gasteiger partial charge >= 0.3 is 0 Å². The molecule has 1 nitrogen and oxygen atoms in total. The predicted octanol–water partition coefficient (Wildman–Crippen LogP) is 4.97. The van der Waals surface area contributed by atoms with Crippen molar-refractivity contribution in [3.8, 4) is 0 Å². The molecule has 0 fully saturated rings. The maximum Gasteiger partial charge on any atom is 0.0217 e. The summed E-state index contributed by atoms with van der Waals surface area (Å²) < 4.78 is 0. The molecule has 0 aromatic heterocycles. The van der Waals surface area contributed by atoms with Gasteiger partial charge in [-0.15, -0.1) is 0 Å². The van der Waals surface area contributed by atoms with Crippen LogP contribution in [0, 0.1) is 0 Å². The number of nitrogens with two attached hydrogens (primary N) is 1. The van der Waals surface area contributed by atoms with Crippen molar-refractivity contribution in [1.82, 2.24) is 0 Å². The molecule has 0 bridgehead atoms. The van der Waals surface area contributed by atoms with Crippen LogP contribution in [0.25, 0.3) is 0 Å². The Morgan fingerprint density at radius 3 is 0.935 bits per heavy atom. The van der Waals surface area contributed by atoms with Gasteiger partial charge in [-0.05, 0) is 56.3 Å². The zero-order chi connectivity index (χ0) is 21.5. The lowest BCUT2D eigenvalue weighted by Gasteiger charge is -2.34. The molecule has 0 radical (unpaired) electrons. The van der Waals surface area contributed by atoms with Gasteiger partial charge in [0.1, 0.15) is 0 Å². The third-order valence-electron chi connectivity index (χ3n) is 5.31. The molecule has 4 rings (SSSR count). The Balaban J connectivity index is 1.65. The highest BCUT2D eigenvalue weighted by molar-refractivity contribution is 7.74. The fourth-order valence-electron chi connectivity index (χ4n) is 3.87. The average Bonchev–Trinajstić information content (AvgIpc) is 2.83. The number of hydrogen-bond donors (Lipinski definition) is 1. The van der Waals surface area contributed by atoms with E-state index in [4.69, 9.17) is 5.73 Å². The zero-order valence-electron chi connectivity index (χ0n) is 17.9. The van der Waals surface area contributed by atoms with Gasteiger partial charge in [0.05, 0.1) is 0 Å². The molecular formula is C28H29NP2. The summed E-state index contributed by atoms with van der Waals surface area (Å²) in [5, 5.41) is 5.57. The first kappa shape index (κ1) is 21.9. The third-order valence-corrected chi connectivity index (χ3v) is 11.1. The van der Waals surface area contributed by atoms with Gasteiger partial charge in [0, 0.05) is 5.54 Å². The third kappa shape index (κ3) is 5.90. The van der Waals surface area contributed by atoms with Gasteiger partial charge in [-0.3, -0.25) is 0 Å². The van der Waals surface area contributed by atoms with Crippen LogP contribution in [0.2, 0.25) is 0 Å². The molecule has 0 aliphatic carbocycles. The molecular weight excluding hydrogens is 412 g/mol. The molecule has 0 atom stereocenters. The topological polar surface area (TPSA) is 26.0 Å². The highest BCUT2D eigenvalue weighted by Crippen LogP contribution is 2.42. The van der Waals surface area contributed by atoms with E-state index < -0.39 is 15.8 Å². The summed E-state index contributed by atoms with van der Waals surface area (Å²) in [6, 6.07) is 43.5. The zero-order valence-corrected chi connectivity index (χ0v) is 19.7. The van der Waals surface area contributed by atoms with E-state index >= 15 is 0 Å². The first-order valence-electron chi connectivity index (χ1n) is 10.7. The SMILES string of the molecule is CC(N)(CP(c1ccccc1)c1ccccc1)CP(c1ccccc1)c1ccccc1. The summed E-state index contributed by atoms with van der Waals surface area (Å²) in [6.45, 7) is 2.25. The lowest BCUT2D eigenvalue weighted by molar-refractivity contribution is 0.598. The molecule has 4 aromatic carbocycles. The molecule has 0 aliphatic rings. The van der Waals surface area contributed by atoms with Crippen molar-refractivity contribution in [3.63, 3.8) is 0 Å². The molecule has 0 aliphatic heterocycles. The van der Waals surface area contributed by atoms with Crippen molar-refractivity contribution in [2.45, 2.75) is 12.5 Å². The van der Waals surface area contributed by atoms with Crippen molar-refractivity contribution >= 4 is 37.1 Å². The van der Waals surface area contributed by atoms with Crippen LogP contribution in [0.4, 0.5) is 0 Å². The van der Waals surface area contributed by atoms with Gasteiger partial charge in [-0.1, -0.05) is 121 Å². The standard InChI is InChI=1S/C28H29NP2/c1-28(29,22-30(24-14-6-2-7-15-24)25-16-8-3-9-17-25)23-31(26-18-10-4-11-19-26)27-20-12-5-13-21-27/h2-21H,22-23,29H2,1H3. The van der Waals surface area contributed by atoms with E-state index in [2.05, 4.69) is 128 Å². The van der Waals surface area contributed by atoms with E-state index in [-0.39, 0.29) is 5.54 Å². The van der Waals surface area contributed by atoms with Gasteiger partial charge in [-0.25, -0.2) is 0 Å². The Morgan fingerprint density at radius 1 is 0.484 bits per heavy atom. The molecule has 156 valence electrons. The number of rotatable bonds is 8. The van der Waals surface area contributed by atoms with E-state index in [1.165, 1.54) is 21.2 Å². The fraction of sp³-hybridized carbons (Fsp3) is 0.143. The molecule has 4 aromatic rings. The van der Waals surface area contributed by atoms with E-state index in [1.807, 2.05) is 0 Å². The van der Waals surface area contributed by atoms with E-state index in [0.29, 0.717) is 0 Å². The molecule has 0 unspecified atom stereocenters. The largest absolute Gasteiger partial charge is 0.325 e. The van der Waals surface area contributed by atoms with E-state index in [1.54, 1.807) is 0 Å². The lowest BCUT2D eigenvalue weighted by atomic mass is 10.1. The molecule has 0 heterocycles. The van der Waals surface area contributed by atoms with Crippen LogP contribution in [0.15, 0.2) is 121 Å². The van der Waals surface area contributed by atoms with Gasteiger partial charge in [-0.2, -0.15) is 0 Å². The molecule has 31 heavy (non-hydrogen) atoms. The van der Waals surface area contributed by atoms with Gasteiger partial charge in [0.25, 0.3) is 0 Å². The highest BCUT2D eigenvalue weighted by atomic mass is 31.1. The van der Waals surface area contributed by atoms with Crippen LogP contribution in [0.5, 0.6) is 0 Å². The van der Waals surface area contributed by atoms with Crippen molar-refractivity contribution in [3.05, 3.63) is 121 Å². The van der Waals surface area contributed by atoms with Crippen molar-refractivity contribution in [2.75, 3.05) is 12.3 Å². The van der Waals surface area contributed by atoms with Crippen molar-refractivity contribution in [2.24, 2.45) is 5.73 Å². The Hall–Kier alpha value is -2.30. The fourth-order valence-corrected chi connectivity index (χ4v) is 9.17. The summed E-state index contributed by atoms with van der Waals surface area (Å²) >= 11 is 0. The van der Waals surface area contributed by atoms with Gasteiger partial charge < -0.3 is 5.73 Å². The van der Waals surface area contributed by atoms with Crippen LogP contribution in [0.3, 0.4) is 0 Å². The molecule has 3 heteroatoms. The van der Waals surface area contributed by atoms with Gasteiger partial charge in [0.2, 0.25) is 0 Å². The Morgan fingerprint density at radius 2 is 0.710 bits per heavy atom. The first-order valence-corrected chi connectivity index (χ1v) is 13.7. The maximum atomic E-state index is 7.10. The summed E-state index contributed by atoms with van der Waals surface area (Å²) in [5.74, 6) is 0. The van der Waals surface area contributed by atoms with Crippen LogP contribution in [0.1, 0.15) is 6.92 Å². The summed E-state index contributed by atoms with van der Waals surface area (Å²) in [5.41, 5.74) is 6.82. The van der Waals surface area contributed by atoms with Crippen LogP contribution in [-0.2, 0) is 0 Å². The molecule has 0 amide bonds. The van der Waals surface area contributed by atoms with Crippen LogP contribution in [-0.4, -0.2) is 17.9 Å². The minimum absolute atomic E-state index is 0.283. The molecule has 0 saturated heterocycles. The minimum atomic E-state index is -0.522. The second-order valence-corrected chi connectivity index (χ2v) is 12.6. The van der Waals surface area contributed by atoms with E-state index in [9.17, 15) is 0 Å². The van der Waals surface area contributed by atoms with Crippen LogP contribution >= 0.6 is 15.8 Å². The summed E-state index contributed by atoms with van der Waals surface area (Å²) in [4.78, 5) is 0. The Labute approximate surface area is 188 Å². The monoisotopic (exact) mass is 441 g/mol. The number of benzene rings is 4.